The number of hydrogen-bond donors (Lipinski definition) is 0. The van der Waals surface area contributed by atoms with Crippen LogP contribution < -0.4 is 0 Å². The van der Waals surface area contributed by atoms with E-state index >= 15 is 0 Å². The molecular weight excluding hydrogens is 841 g/mol. The van der Waals surface area contributed by atoms with Crippen LogP contribution in [0.4, 0.5) is 0 Å². The van der Waals surface area contributed by atoms with Gasteiger partial charge in [-0.15, -0.1) is 0 Å². The van der Waals surface area contributed by atoms with Crippen LogP contribution in [0.1, 0.15) is 271 Å². The molecule has 0 saturated heterocycles. The number of esters is 3. The van der Waals surface area contributed by atoms with Gasteiger partial charge in [-0.25, -0.2) is 0 Å². The van der Waals surface area contributed by atoms with Gasteiger partial charge in [-0.1, -0.05) is 228 Å². The summed E-state index contributed by atoms with van der Waals surface area (Å²) in [5.74, 6) is -0.967. The second-order valence-electron chi connectivity index (χ2n) is 18.8. The normalized spacial score (nSPS) is 12.7. The van der Waals surface area contributed by atoms with E-state index in [1.165, 1.54) is 135 Å². The summed E-state index contributed by atoms with van der Waals surface area (Å²) in [5, 5.41) is 0. The summed E-state index contributed by atoms with van der Waals surface area (Å²) < 4.78 is 16.8. The van der Waals surface area contributed by atoms with Gasteiger partial charge in [0.15, 0.2) is 6.10 Å². The van der Waals surface area contributed by atoms with E-state index in [9.17, 15) is 14.4 Å². The Morgan fingerprint density at radius 3 is 0.956 bits per heavy atom. The summed E-state index contributed by atoms with van der Waals surface area (Å²) in [5.41, 5.74) is 0. The first-order chi connectivity index (χ1) is 33.5. The van der Waals surface area contributed by atoms with Gasteiger partial charge in [0.1, 0.15) is 13.2 Å². The molecule has 0 heterocycles. The van der Waals surface area contributed by atoms with E-state index in [0.29, 0.717) is 19.3 Å². The van der Waals surface area contributed by atoms with Crippen molar-refractivity contribution in [1.82, 2.24) is 0 Å². The van der Waals surface area contributed by atoms with E-state index in [2.05, 4.69) is 106 Å². The largest absolute Gasteiger partial charge is 0.462 e. The molecule has 6 nitrogen and oxygen atoms in total. The predicted octanol–water partition coefficient (Wildman–Crippen LogP) is 19.2. The average molecular weight is 948 g/mol. The second-order valence-corrected chi connectivity index (χ2v) is 18.8. The summed E-state index contributed by atoms with van der Waals surface area (Å²) in [6.45, 7) is 6.47. The quantitative estimate of drug-likeness (QED) is 0.0262. The molecule has 390 valence electrons. The van der Waals surface area contributed by atoms with E-state index in [1.54, 1.807) is 0 Å². The van der Waals surface area contributed by atoms with Gasteiger partial charge in [0.25, 0.3) is 0 Å². The first-order valence-electron chi connectivity index (χ1n) is 28.6. The lowest BCUT2D eigenvalue weighted by Crippen LogP contribution is -2.30. The number of allylic oxidation sites excluding steroid dienone is 14. The zero-order valence-electron chi connectivity index (χ0n) is 44.6. The fourth-order valence-electron chi connectivity index (χ4n) is 7.82. The molecule has 0 spiro atoms. The van der Waals surface area contributed by atoms with Crippen molar-refractivity contribution in [2.75, 3.05) is 13.2 Å². The molecule has 0 aromatic heterocycles. The van der Waals surface area contributed by atoms with Crippen molar-refractivity contribution in [3.05, 3.63) is 85.1 Å². The number of hydrogen-bond acceptors (Lipinski definition) is 6. The maximum absolute atomic E-state index is 12.8. The Bertz CT molecular complexity index is 1320. The van der Waals surface area contributed by atoms with E-state index in [-0.39, 0.29) is 37.5 Å². The SMILES string of the molecule is CC/C=C\C/C=C\C/C=C\C/C=C\C/C=C\CCCC(=O)OC(COC(=O)CCCCCCC/C=C\CCCCCCC)COC(=O)CCCCCCCCCCC/C=C\CCCCCCCC. The summed E-state index contributed by atoms with van der Waals surface area (Å²) in [7, 11) is 0. The molecule has 1 atom stereocenters. The molecule has 0 aliphatic rings. The van der Waals surface area contributed by atoms with E-state index in [1.807, 2.05) is 0 Å². The smallest absolute Gasteiger partial charge is 0.306 e. The summed E-state index contributed by atoms with van der Waals surface area (Å²) in [6, 6.07) is 0. The lowest BCUT2D eigenvalue weighted by atomic mass is 10.1. The zero-order chi connectivity index (χ0) is 49.3. The summed E-state index contributed by atoms with van der Waals surface area (Å²) in [6.07, 6.45) is 72.9. The molecule has 0 N–H and O–H groups in total. The molecule has 0 aromatic rings. The minimum Gasteiger partial charge on any atom is -0.462 e. The second kappa shape index (κ2) is 56.2. The molecule has 0 bridgehead atoms. The van der Waals surface area contributed by atoms with Crippen molar-refractivity contribution in [1.29, 1.82) is 0 Å². The fraction of sp³-hybridized carbons (Fsp3) is 0.726. The molecule has 0 aliphatic heterocycles. The van der Waals surface area contributed by atoms with E-state index < -0.39 is 6.10 Å². The van der Waals surface area contributed by atoms with Crippen molar-refractivity contribution in [2.45, 2.75) is 277 Å². The van der Waals surface area contributed by atoms with Crippen molar-refractivity contribution in [3.8, 4) is 0 Å². The molecule has 0 amide bonds. The Labute approximate surface area is 420 Å². The van der Waals surface area contributed by atoms with Crippen LogP contribution in [0.3, 0.4) is 0 Å². The van der Waals surface area contributed by atoms with Gasteiger partial charge < -0.3 is 14.2 Å². The molecule has 0 aromatic carbocycles. The topological polar surface area (TPSA) is 78.9 Å². The Balaban J connectivity index is 4.46. The Kier molecular flexibility index (Phi) is 53.4. The third-order valence-electron chi connectivity index (χ3n) is 12.1. The van der Waals surface area contributed by atoms with Gasteiger partial charge in [-0.05, 0) is 109 Å². The molecular formula is C62H106O6. The first-order valence-corrected chi connectivity index (χ1v) is 28.6. The lowest BCUT2D eigenvalue weighted by molar-refractivity contribution is -0.167. The minimum atomic E-state index is -0.811. The molecule has 0 saturated carbocycles. The van der Waals surface area contributed by atoms with Gasteiger partial charge in [-0.3, -0.25) is 14.4 Å². The van der Waals surface area contributed by atoms with Crippen LogP contribution in [0.25, 0.3) is 0 Å². The highest BCUT2D eigenvalue weighted by Crippen LogP contribution is 2.15. The van der Waals surface area contributed by atoms with Crippen LogP contribution in [-0.2, 0) is 28.6 Å². The highest BCUT2D eigenvalue weighted by molar-refractivity contribution is 5.71. The number of unbranched alkanes of at least 4 members (excludes halogenated alkanes) is 26. The van der Waals surface area contributed by atoms with Gasteiger partial charge in [0.05, 0.1) is 0 Å². The average Bonchev–Trinajstić information content (AvgIpc) is 3.34. The van der Waals surface area contributed by atoms with E-state index in [0.717, 1.165) is 89.9 Å². The molecule has 0 fully saturated rings. The van der Waals surface area contributed by atoms with Crippen molar-refractivity contribution in [3.63, 3.8) is 0 Å². The number of carbonyl (C=O) groups is 3. The minimum absolute atomic E-state index is 0.102. The monoisotopic (exact) mass is 947 g/mol. The van der Waals surface area contributed by atoms with Gasteiger partial charge in [-0.2, -0.15) is 0 Å². The van der Waals surface area contributed by atoms with Crippen LogP contribution in [0.2, 0.25) is 0 Å². The highest BCUT2D eigenvalue weighted by atomic mass is 16.6. The molecule has 68 heavy (non-hydrogen) atoms. The maximum Gasteiger partial charge on any atom is 0.306 e. The van der Waals surface area contributed by atoms with Crippen LogP contribution in [0, 0.1) is 0 Å². The molecule has 0 rings (SSSR count). The summed E-state index contributed by atoms with van der Waals surface area (Å²) in [4.78, 5) is 38.1. The van der Waals surface area contributed by atoms with Gasteiger partial charge in [0, 0.05) is 19.3 Å². The lowest BCUT2D eigenvalue weighted by Gasteiger charge is -2.18. The first kappa shape index (κ1) is 64.6. The third-order valence-corrected chi connectivity index (χ3v) is 12.1. The van der Waals surface area contributed by atoms with Gasteiger partial charge >= 0.3 is 17.9 Å². The van der Waals surface area contributed by atoms with E-state index in [4.69, 9.17) is 14.2 Å². The highest BCUT2D eigenvalue weighted by Gasteiger charge is 2.19. The zero-order valence-corrected chi connectivity index (χ0v) is 44.6. The Morgan fingerprint density at radius 2 is 0.588 bits per heavy atom. The molecule has 1 unspecified atom stereocenters. The fourth-order valence-corrected chi connectivity index (χ4v) is 7.82. The van der Waals surface area contributed by atoms with Crippen molar-refractivity contribution >= 4 is 17.9 Å². The third kappa shape index (κ3) is 53.5. The van der Waals surface area contributed by atoms with Crippen molar-refractivity contribution in [2.24, 2.45) is 0 Å². The van der Waals surface area contributed by atoms with Crippen LogP contribution >= 0.6 is 0 Å². The Morgan fingerprint density at radius 1 is 0.309 bits per heavy atom. The molecule has 0 radical (unpaired) electrons. The van der Waals surface area contributed by atoms with Gasteiger partial charge in [0.2, 0.25) is 0 Å². The Hall–Kier alpha value is -3.41. The number of rotatable bonds is 51. The number of ether oxygens (including phenoxy) is 3. The standard InChI is InChI=1S/C62H106O6/c1-4-7-10-13-16-19-22-25-28-30-31-33-34-37-40-43-46-49-52-55-61(64)67-58-59(57-66-60(63)54-51-48-45-42-39-36-27-24-21-18-15-12-9-6-3)68-62(65)56-53-50-47-44-41-38-35-32-29-26-23-20-17-14-11-8-5-2/h8,11,17,20,24-29,35,38,44,47,59H,4-7,9-10,12-16,18-19,21-23,30-34,36-37,39-43,45-46,48-58H2,1-3H3/b11-8-,20-17-,27-24-,28-25-,29-26-,38-35-,47-44-. The molecule has 6 heteroatoms. The predicted molar refractivity (Wildman–Crippen MR) is 293 cm³/mol. The van der Waals surface area contributed by atoms with Crippen LogP contribution in [-0.4, -0.2) is 37.2 Å². The van der Waals surface area contributed by atoms with Crippen LogP contribution in [0.5, 0.6) is 0 Å². The summed E-state index contributed by atoms with van der Waals surface area (Å²) >= 11 is 0. The number of carbonyl (C=O) groups excluding carboxylic acids is 3. The van der Waals surface area contributed by atoms with Crippen LogP contribution in [0.15, 0.2) is 85.1 Å². The molecule has 0 aliphatic carbocycles. The van der Waals surface area contributed by atoms with Crippen molar-refractivity contribution < 1.29 is 28.6 Å². The maximum atomic E-state index is 12.8.